The summed E-state index contributed by atoms with van der Waals surface area (Å²) < 4.78 is 92.7. The van der Waals surface area contributed by atoms with Crippen LogP contribution in [0.1, 0.15) is 74.5 Å². The molecule has 0 bridgehead atoms. The van der Waals surface area contributed by atoms with Crippen molar-refractivity contribution in [2.45, 2.75) is 71.1 Å². The SMILES string of the molecule is CCCCOc1ccc(-c2ccc(C3CCC(CCc4ccc(C)c(F)c4F)CC3)c(F)c2F)c(F)c1F. The van der Waals surface area contributed by atoms with Gasteiger partial charge in [-0.2, -0.15) is 4.39 Å². The minimum atomic E-state index is -1.28. The van der Waals surface area contributed by atoms with Crippen LogP contribution in [0.15, 0.2) is 36.4 Å². The van der Waals surface area contributed by atoms with Crippen molar-refractivity contribution in [3.63, 3.8) is 0 Å². The quantitative estimate of drug-likeness (QED) is 0.196. The lowest BCUT2D eigenvalue weighted by molar-refractivity contribution is 0.289. The van der Waals surface area contributed by atoms with Crippen LogP contribution in [0, 0.1) is 47.7 Å². The molecule has 3 aromatic carbocycles. The van der Waals surface area contributed by atoms with Crippen LogP contribution >= 0.6 is 0 Å². The molecule has 1 fully saturated rings. The smallest absolute Gasteiger partial charge is 0.201 e. The second kappa shape index (κ2) is 12.3. The molecule has 38 heavy (non-hydrogen) atoms. The monoisotopic (exact) mass is 534 g/mol. The topological polar surface area (TPSA) is 9.23 Å². The molecule has 0 amide bonds. The summed E-state index contributed by atoms with van der Waals surface area (Å²) in [4.78, 5) is 0. The molecule has 204 valence electrons. The maximum absolute atomic E-state index is 15.1. The Labute approximate surface area is 219 Å². The Kier molecular flexibility index (Phi) is 9.06. The summed E-state index contributed by atoms with van der Waals surface area (Å²) >= 11 is 0. The van der Waals surface area contributed by atoms with Crippen LogP contribution in [0.4, 0.5) is 26.3 Å². The zero-order valence-corrected chi connectivity index (χ0v) is 21.7. The molecular weight excluding hydrogens is 502 g/mol. The van der Waals surface area contributed by atoms with Crippen LogP contribution in [0.2, 0.25) is 0 Å². The molecule has 0 atom stereocenters. The van der Waals surface area contributed by atoms with Crippen molar-refractivity contribution in [1.29, 1.82) is 0 Å². The molecular formula is C31H32F6O. The van der Waals surface area contributed by atoms with E-state index in [2.05, 4.69) is 0 Å². The highest BCUT2D eigenvalue weighted by molar-refractivity contribution is 5.66. The number of unbranched alkanes of at least 4 members (excludes halogenated alkanes) is 1. The summed E-state index contributed by atoms with van der Waals surface area (Å²) in [5.41, 5.74) is 0.133. The van der Waals surface area contributed by atoms with Gasteiger partial charge in [-0.1, -0.05) is 37.6 Å². The molecule has 1 saturated carbocycles. The Morgan fingerprint density at radius 2 is 1.37 bits per heavy atom. The highest BCUT2D eigenvalue weighted by Gasteiger charge is 2.28. The minimum Gasteiger partial charge on any atom is -0.490 e. The molecule has 7 heteroatoms. The van der Waals surface area contributed by atoms with Gasteiger partial charge in [-0.3, -0.25) is 0 Å². The molecule has 1 aliphatic rings. The number of halogens is 6. The zero-order chi connectivity index (χ0) is 27.4. The lowest BCUT2D eigenvalue weighted by Gasteiger charge is -2.29. The highest BCUT2D eigenvalue weighted by atomic mass is 19.2. The summed E-state index contributed by atoms with van der Waals surface area (Å²) in [7, 11) is 0. The maximum atomic E-state index is 15.1. The van der Waals surface area contributed by atoms with Gasteiger partial charge in [0.25, 0.3) is 0 Å². The molecule has 0 spiro atoms. The van der Waals surface area contributed by atoms with Crippen LogP contribution in [0.3, 0.4) is 0 Å². The van der Waals surface area contributed by atoms with Gasteiger partial charge in [-0.25, -0.2) is 22.0 Å². The Hall–Kier alpha value is -2.96. The van der Waals surface area contributed by atoms with Gasteiger partial charge in [0, 0.05) is 11.1 Å². The zero-order valence-electron chi connectivity index (χ0n) is 21.7. The largest absolute Gasteiger partial charge is 0.490 e. The van der Waals surface area contributed by atoms with Gasteiger partial charge in [0.05, 0.1) is 6.61 Å². The van der Waals surface area contributed by atoms with E-state index in [0.717, 1.165) is 19.3 Å². The van der Waals surface area contributed by atoms with E-state index in [-0.39, 0.29) is 46.4 Å². The Morgan fingerprint density at radius 3 is 2.05 bits per heavy atom. The second-order valence-corrected chi connectivity index (χ2v) is 10.2. The number of ether oxygens (including phenoxy) is 1. The molecule has 0 saturated heterocycles. The minimum absolute atomic E-state index is 0.209. The third-order valence-corrected chi connectivity index (χ3v) is 7.67. The lowest BCUT2D eigenvalue weighted by atomic mass is 9.76. The number of hydrogen-bond acceptors (Lipinski definition) is 1. The van der Waals surface area contributed by atoms with E-state index in [1.165, 1.54) is 31.2 Å². The number of rotatable bonds is 9. The van der Waals surface area contributed by atoms with E-state index in [1.54, 1.807) is 12.1 Å². The lowest BCUT2D eigenvalue weighted by Crippen LogP contribution is -2.16. The molecule has 3 aromatic rings. The molecule has 0 heterocycles. The van der Waals surface area contributed by atoms with Gasteiger partial charge in [0.2, 0.25) is 5.82 Å². The van der Waals surface area contributed by atoms with Crippen LogP contribution in [-0.2, 0) is 6.42 Å². The average molecular weight is 535 g/mol. The average Bonchev–Trinajstić information content (AvgIpc) is 2.92. The molecule has 0 aliphatic heterocycles. The van der Waals surface area contributed by atoms with Gasteiger partial charge < -0.3 is 4.74 Å². The summed E-state index contributed by atoms with van der Waals surface area (Å²) in [5.74, 6) is -6.58. The Morgan fingerprint density at radius 1 is 0.711 bits per heavy atom. The molecule has 1 nitrogen and oxygen atoms in total. The van der Waals surface area contributed by atoms with Gasteiger partial charge in [-0.05, 0) is 92.5 Å². The van der Waals surface area contributed by atoms with Crippen molar-refractivity contribution >= 4 is 0 Å². The van der Waals surface area contributed by atoms with E-state index >= 15 is 8.78 Å². The molecule has 0 unspecified atom stereocenters. The third kappa shape index (κ3) is 5.87. The van der Waals surface area contributed by atoms with Crippen molar-refractivity contribution in [2.75, 3.05) is 6.61 Å². The van der Waals surface area contributed by atoms with Gasteiger partial charge in [0.15, 0.2) is 34.8 Å². The van der Waals surface area contributed by atoms with Crippen LogP contribution in [0.5, 0.6) is 5.75 Å². The van der Waals surface area contributed by atoms with Gasteiger partial charge in [-0.15, -0.1) is 0 Å². The Bertz CT molecular complexity index is 1280. The fraction of sp³-hybridized carbons (Fsp3) is 0.419. The molecule has 0 radical (unpaired) electrons. The van der Waals surface area contributed by atoms with E-state index in [1.807, 2.05) is 6.92 Å². The molecule has 1 aliphatic carbocycles. The van der Waals surface area contributed by atoms with Crippen molar-refractivity contribution in [2.24, 2.45) is 5.92 Å². The first kappa shape index (κ1) is 28.1. The summed E-state index contributed by atoms with van der Waals surface area (Å²) in [5, 5.41) is 0. The second-order valence-electron chi connectivity index (χ2n) is 10.2. The maximum Gasteiger partial charge on any atom is 0.201 e. The first-order chi connectivity index (χ1) is 18.2. The summed E-state index contributed by atoms with van der Waals surface area (Å²) in [6.45, 7) is 3.69. The van der Waals surface area contributed by atoms with Crippen LogP contribution < -0.4 is 4.74 Å². The van der Waals surface area contributed by atoms with E-state index in [9.17, 15) is 17.6 Å². The van der Waals surface area contributed by atoms with E-state index < -0.39 is 34.9 Å². The molecule has 0 aromatic heterocycles. The first-order valence-electron chi connectivity index (χ1n) is 13.2. The van der Waals surface area contributed by atoms with E-state index in [0.29, 0.717) is 37.7 Å². The highest BCUT2D eigenvalue weighted by Crippen LogP contribution is 2.41. The number of hydrogen-bond donors (Lipinski definition) is 0. The van der Waals surface area contributed by atoms with Gasteiger partial charge >= 0.3 is 0 Å². The molecule has 4 rings (SSSR count). The van der Waals surface area contributed by atoms with Crippen molar-refractivity contribution in [3.05, 3.63) is 88.0 Å². The van der Waals surface area contributed by atoms with Crippen molar-refractivity contribution in [1.82, 2.24) is 0 Å². The van der Waals surface area contributed by atoms with E-state index in [4.69, 9.17) is 4.74 Å². The standard InChI is InChI=1S/C31H32F6O/c1-3-4-17-38-25-16-15-24(30(36)31(25)37)23-14-13-22(28(34)29(23)35)20-10-6-19(7-11-20)8-12-21-9-5-18(2)26(32)27(21)33/h5,9,13-16,19-20H,3-4,6-8,10-12,17H2,1-2H3. The van der Waals surface area contributed by atoms with Gasteiger partial charge in [0.1, 0.15) is 0 Å². The number of aryl methyl sites for hydroxylation is 2. The van der Waals surface area contributed by atoms with Crippen LogP contribution in [-0.4, -0.2) is 6.61 Å². The summed E-state index contributed by atoms with van der Waals surface area (Å²) in [6, 6.07) is 8.36. The first-order valence-corrected chi connectivity index (χ1v) is 13.2. The molecule has 0 N–H and O–H groups in total. The Balaban J connectivity index is 1.42. The van der Waals surface area contributed by atoms with Crippen molar-refractivity contribution < 1.29 is 31.1 Å². The fourth-order valence-electron chi connectivity index (χ4n) is 5.27. The predicted octanol–water partition coefficient (Wildman–Crippen LogP) is 9.58. The predicted molar refractivity (Wildman–Crippen MR) is 136 cm³/mol. The third-order valence-electron chi connectivity index (χ3n) is 7.67. The van der Waals surface area contributed by atoms with Crippen LogP contribution in [0.25, 0.3) is 11.1 Å². The fourth-order valence-corrected chi connectivity index (χ4v) is 5.27. The summed E-state index contributed by atoms with van der Waals surface area (Å²) in [6.07, 6.45) is 5.36. The normalized spacial score (nSPS) is 17.6. The van der Waals surface area contributed by atoms with Crippen molar-refractivity contribution in [3.8, 4) is 16.9 Å². The number of benzene rings is 3.